The van der Waals surface area contributed by atoms with Gasteiger partial charge in [-0.3, -0.25) is 0 Å². The molecule has 2 heterocycles. The summed E-state index contributed by atoms with van der Waals surface area (Å²) in [5.74, 6) is -0.291. The molecule has 3 heteroatoms. The lowest BCUT2D eigenvalue weighted by molar-refractivity contribution is -0.147. The summed E-state index contributed by atoms with van der Waals surface area (Å²) in [7, 11) is 0. The van der Waals surface area contributed by atoms with Crippen molar-refractivity contribution >= 4 is 0 Å². The topological polar surface area (TPSA) is 31.0 Å². The zero-order chi connectivity index (χ0) is 13.4. The number of hydrogen-bond donors (Lipinski definition) is 0. The number of allylic oxidation sites excluding steroid dienone is 2. The molecule has 0 amide bonds. The van der Waals surface area contributed by atoms with Crippen LogP contribution in [0.3, 0.4) is 0 Å². The van der Waals surface area contributed by atoms with Gasteiger partial charge < -0.3 is 14.2 Å². The second-order valence-electron chi connectivity index (χ2n) is 5.79. The molecule has 0 bridgehead atoms. The number of epoxide rings is 1. The second kappa shape index (κ2) is 8.03. The standard InChI is InChI=1S/C16H28O3/c1-16(18-12-13-19-16)11-9-7-5-3-2-4-6-8-10-15-14-17-15/h2,4,15H,3,5-14H2,1H3. The third kappa shape index (κ3) is 6.55. The van der Waals surface area contributed by atoms with E-state index in [9.17, 15) is 0 Å². The molecular weight excluding hydrogens is 240 g/mol. The average Bonchev–Trinajstić information content (AvgIpc) is 3.13. The minimum absolute atomic E-state index is 0.291. The van der Waals surface area contributed by atoms with Crippen molar-refractivity contribution in [2.24, 2.45) is 0 Å². The van der Waals surface area contributed by atoms with Gasteiger partial charge in [-0.15, -0.1) is 0 Å². The molecule has 0 spiro atoms. The first-order chi connectivity index (χ1) is 9.29. The Morgan fingerprint density at radius 2 is 1.68 bits per heavy atom. The molecule has 2 aliphatic heterocycles. The molecule has 0 aromatic rings. The minimum Gasteiger partial charge on any atom is -0.373 e. The molecule has 110 valence electrons. The Kier molecular flexibility index (Phi) is 6.35. The third-order valence-corrected chi connectivity index (χ3v) is 3.87. The maximum Gasteiger partial charge on any atom is 0.165 e. The summed E-state index contributed by atoms with van der Waals surface area (Å²) >= 11 is 0. The Morgan fingerprint density at radius 3 is 2.37 bits per heavy atom. The summed E-state index contributed by atoms with van der Waals surface area (Å²) in [6.07, 6.45) is 14.9. The molecule has 0 radical (unpaired) electrons. The average molecular weight is 268 g/mol. The van der Waals surface area contributed by atoms with Gasteiger partial charge in [0.25, 0.3) is 0 Å². The molecule has 2 rings (SSSR count). The first-order valence-corrected chi connectivity index (χ1v) is 7.83. The predicted molar refractivity (Wildman–Crippen MR) is 76.1 cm³/mol. The van der Waals surface area contributed by atoms with E-state index in [4.69, 9.17) is 14.2 Å². The van der Waals surface area contributed by atoms with Crippen molar-refractivity contribution in [3.63, 3.8) is 0 Å². The first-order valence-electron chi connectivity index (χ1n) is 7.83. The van der Waals surface area contributed by atoms with Crippen LogP contribution in [0.25, 0.3) is 0 Å². The van der Waals surface area contributed by atoms with Crippen molar-refractivity contribution in [3.8, 4) is 0 Å². The van der Waals surface area contributed by atoms with Crippen LogP contribution in [0.5, 0.6) is 0 Å². The van der Waals surface area contributed by atoms with Gasteiger partial charge in [0.2, 0.25) is 0 Å². The van der Waals surface area contributed by atoms with E-state index in [1.54, 1.807) is 0 Å². The molecule has 0 aromatic carbocycles. The Labute approximate surface area is 117 Å². The van der Waals surface area contributed by atoms with E-state index >= 15 is 0 Å². The van der Waals surface area contributed by atoms with Gasteiger partial charge in [0, 0.05) is 6.42 Å². The van der Waals surface area contributed by atoms with Gasteiger partial charge in [-0.2, -0.15) is 0 Å². The van der Waals surface area contributed by atoms with Crippen molar-refractivity contribution in [1.82, 2.24) is 0 Å². The molecule has 2 saturated heterocycles. The lowest BCUT2D eigenvalue weighted by Crippen LogP contribution is -2.24. The highest BCUT2D eigenvalue weighted by Gasteiger charge is 2.29. The van der Waals surface area contributed by atoms with Crippen LogP contribution < -0.4 is 0 Å². The monoisotopic (exact) mass is 268 g/mol. The quantitative estimate of drug-likeness (QED) is 0.343. The zero-order valence-corrected chi connectivity index (χ0v) is 12.2. The fraction of sp³-hybridized carbons (Fsp3) is 0.875. The third-order valence-electron chi connectivity index (χ3n) is 3.87. The van der Waals surface area contributed by atoms with Crippen LogP contribution in [0.4, 0.5) is 0 Å². The van der Waals surface area contributed by atoms with Crippen LogP contribution in [0.1, 0.15) is 58.3 Å². The van der Waals surface area contributed by atoms with Gasteiger partial charge in [0.15, 0.2) is 5.79 Å². The largest absolute Gasteiger partial charge is 0.373 e. The highest BCUT2D eigenvalue weighted by Crippen LogP contribution is 2.25. The fourth-order valence-electron chi connectivity index (χ4n) is 2.52. The van der Waals surface area contributed by atoms with E-state index < -0.39 is 0 Å². The molecule has 1 atom stereocenters. The predicted octanol–water partition coefficient (Wildman–Crippen LogP) is 3.83. The van der Waals surface area contributed by atoms with Crippen LogP contribution >= 0.6 is 0 Å². The number of ether oxygens (including phenoxy) is 3. The zero-order valence-electron chi connectivity index (χ0n) is 12.2. The lowest BCUT2D eigenvalue weighted by atomic mass is 10.1. The summed E-state index contributed by atoms with van der Waals surface area (Å²) < 4.78 is 16.4. The van der Waals surface area contributed by atoms with E-state index in [-0.39, 0.29) is 5.79 Å². The van der Waals surface area contributed by atoms with Gasteiger partial charge in [-0.1, -0.05) is 18.6 Å². The van der Waals surface area contributed by atoms with Gasteiger partial charge in [0.1, 0.15) is 0 Å². The van der Waals surface area contributed by atoms with Crippen LogP contribution in [-0.2, 0) is 14.2 Å². The number of rotatable bonds is 10. The van der Waals surface area contributed by atoms with Gasteiger partial charge in [-0.05, 0) is 45.4 Å². The van der Waals surface area contributed by atoms with E-state index in [0.717, 1.165) is 26.2 Å². The molecular formula is C16H28O3. The van der Waals surface area contributed by atoms with Crippen molar-refractivity contribution in [3.05, 3.63) is 12.2 Å². The Hall–Kier alpha value is -0.380. The van der Waals surface area contributed by atoms with Gasteiger partial charge in [0.05, 0.1) is 25.9 Å². The molecule has 3 nitrogen and oxygen atoms in total. The maximum absolute atomic E-state index is 5.59. The van der Waals surface area contributed by atoms with E-state index in [1.807, 2.05) is 0 Å². The summed E-state index contributed by atoms with van der Waals surface area (Å²) in [5.41, 5.74) is 0. The van der Waals surface area contributed by atoms with E-state index in [2.05, 4.69) is 19.1 Å². The minimum atomic E-state index is -0.291. The maximum atomic E-state index is 5.59. The van der Waals surface area contributed by atoms with Crippen LogP contribution in [0.2, 0.25) is 0 Å². The van der Waals surface area contributed by atoms with Crippen molar-refractivity contribution in [1.29, 1.82) is 0 Å². The fourth-order valence-corrected chi connectivity index (χ4v) is 2.52. The summed E-state index contributed by atoms with van der Waals surface area (Å²) in [6.45, 7) is 4.57. The molecule has 0 aromatic heterocycles. The summed E-state index contributed by atoms with van der Waals surface area (Å²) in [4.78, 5) is 0. The van der Waals surface area contributed by atoms with Crippen molar-refractivity contribution in [2.75, 3.05) is 19.8 Å². The summed E-state index contributed by atoms with van der Waals surface area (Å²) in [6, 6.07) is 0. The lowest BCUT2D eigenvalue weighted by Gasteiger charge is -2.21. The molecule has 0 saturated carbocycles. The van der Waals surface area contributed by atoms with Gasteiger partial charge in [-0.25, -0.2) is 0 Å². The molecule has 2 fully saturated rings. The summed E-state index contributed by atoms with van der Waals surface area (Å²) in [5, 5.41) is 0. The van der Waals surface area contributed by atoms with Crippen LogP contribution in [-0.4, -0.2) is 31.7 Å². The second-order valence-corrected chi connectivity index (χ2v) is 5.79. The highest BCUT2D eigenvalue weighted by molar-refractivity contribution is 4.82. The molecule has 19 heavy (non-hydrogen) atoms. The molecule has 0 N–H and O–H groups in total. The van der Waals surface area contributed by atoms with Crippen molar-refractivity contribution < 1.29 is 14.2 Å². The van der Waals surface area contributed by atoms with Gasteiger partial charge >= 0.3 is 0 Å². The van der Waals surface area contributed by atoms with Crippen molar-refractivity contribution in [2.45, 2.75) is 70.2 Å². The Morgan fingerprint density at radius 1 is 1.00 bits per heavy atom. The number of hydrogen-bond acceptors (Lipinski definition) is 3. The smallest absolute Gasteiger partial charge is 0.165 e. The first kappa shape index (κ1) is 15.0. The normalized spacial score (nSPS) is 25.2. The SMILES string of the molecule is CC1(CCCCCC=CCCCC2CO2)OCCO1. The van der Waals surface area contributed by atoms with E-state index in [0.29, 0.717) is 6.10 Å². The highest BCUT2D eigenvalue weighted by atomic mass is 16.7. The Balaban J connectivity index is 1.36. The molecule has 1 unspecified atom stereocenters. The van der Waals surface area contributed by atoms with Crippen LogP contribution in [0, 0.1) is 0 Å². The number of unbranched alkanes of at least 4 members (excludes halogenated alkanes) is 4. The molecule has 0 aliphatic carbocycles. The van der Waals surface area contributed by atoms with Crippen LogP contribution in [0.15, 0.2) is 12.2 Å². The Bertz CT molecular complexity index is 265. The van der Waals surface area contributed by atoms with E-state index in [1.165, 1.54) is 44.9 Å². The molecule has 2 aliphatic rings.